The lowest BCUT2D eigenvalue weighted by molar-refractivity contribution is 0.0511. The number of sulfone groups is 1. The van der Waals surface area contributed by atoms with Gasteiger partial charge in [-0.3, -0.25) is 9.59 Å². The van der Waals surface area contributed by atoms with Gasteiger partial charge in [0.25, 0.3) is 5.91 Å². The summed E-state index contributed by atoms with van der Waals surface area (Å²) in [4.78, 5) is 27.4. The van der Waals surface area contributed by atoms with Gasteiger partial charge in [0, 0.05) is 35.5 Å². The first-order valence-corrected chi connectivity index (χ1v) is 12.4. The van der Waals surface area contributed by atoms with Crippen LogP contribution in [0.4, 0.5) is 0 Å². The predicted octanol–water partition coefficient (Wildman–Crippen LogP) is 3.12. The van der Waals surface area contributed by atoms with E-state index in [1.54, 1.807) is 12.1 Å². The second-order valence-electron chi connectivity index (χ2n) is 7.32. The molecule has 0 heterocycles. The van der Waals surface area contributed by atoms with Gasteiger partial charge in [-0.15, -0.1) is 0 Å². The molecule has 2 aromatic carbocycles. The molecule has 0 aliphatic heterocycles. The second-order valence-corrected chi connectivity index (χ2v) is 9.43. The van der Waals surface area contributed by atoms with Crippen molar-refractivity contribution >= 4 is 21.5 Å². The number of benzene rings is 2. The van der Waals surface area contributed by atoms with Gasteiger partial charge < -0.3 is 14.8 Å². The molecule has 2 rings (SSSR count). The summed E-state index contributed by atoms with van der Waals surface area (Å²) in [6, 6.07) is 12.6. The van der Waals surface area contributed by atoms with Crippen LogP contribution in [0.3, 0.4) is 0 Å². The highest BCUT2D eigenvalue weighted by molar-refractivity contribution is 7.91. The molecule has 0 saturated carbocycles. The van der Waals surface area contributed by atoms with Crippen LogP contribution in [0, 0.1) is 6.92 Å². The smallest absolute Gasteiger partial charge is 0.251 e. The molecule has 10 nitrogen and oxygen atoms in total. The molecule has 0 aliphatic carbocycles. The van der Waals surface area contributed by atoms with Crippen LogP contribution in [0.25, 0.3) is 10.4 Å². The number of carbonyl (C=O) groups is 2. The van der Waals surface area contributed by atoms with Crippen molar-refractivity contribution < 1.29 is 27.5 Å². The summed E-state index contributed by atoms with van der Waals surface area (Å²) in [5.74, 6) is -0.899. The SMILES string of the molecule is Cc1ccc(S(=O)(=O)CCC(=O)c2ccc(C(=O)NCCOCCOCCN=[N+]=[N-])cc2)cc1. The number of rotatable bonds is 15. The number of ether oxygens (including phenoxy) is 2. The third kappa shape index (κ3) is 9.32. The molecule has 0 saturated heterocycles. The van der Waals surface area contributed by atoms with Crippen LogP contribution in [-0.2, 0) is 19.3 Å². The summed E-state index contributed by atoms with van der Waals surface area (Å²) in [6.45, 7) is 3.77. The summed E-state index contributed by atoms with van der Waals surface area (Å²) in [7, 11) is -3.55. The minimum absolute atomic E-state index is 0.145. The molecule has 1 N–H and O–H groups in total. The van der Waals surface area contributed by atoms with Gasteiger partial charge in [-0.2, -0.15) is 0 Å². The number of amides is 1. The molecule has 0 spiro atoms. The first-order chi connectivity index (χ1) is 16.3. The highest BCUT2D eigenvalue weighted by atomic mass is 32.2. The number of hydrogen-bond acceptors (Lipinski definition) is 7. The Morgan fingerprint density at radius 2 is 1.56 bits per heavy atom. The fraction of sp³-hybridized carbons (Fsp3) is 0.391. The van der Waals surface area contributed by atoms with Gasteiger partial charge >= 0.3 is 0 Å². The first kappa shape index (κ1) is 27.0. The fourth-order valence-electron chi connectivity index (χ4n) is 2.85. The van der Waals surface area contributed by atoms with Crippen LogP contribution in [0.15, 0.2) is 58.5 Å². The number of nitrogens with zero attached hydrogens (tertiary/aromatic N) is 3. The zero-order valence-electron chi connectivity index (χ0n) is 19.0. The van der Waals surface area contributed by atoms with E-state index in [1.165, 1.54) is 36.4 Å². The number of Topliss-reactive ketones (excluding diaryl/α,β-unsaturated/α-hetero) is 1. The highest BCUT2D eigenvalue weighted by Crippen LogP contribution is 2.15. The Morgan fingerprint density at radius 3 is 2.21 bits per heavy atom. The maximum atomic E-state index is 12.4. The predicted molar refractivity (Wildman–Crippen MR) is 127 cm³/mol. The Kier molecular flexibility index (Phi) is 11.2. The Labute approximate surface area is 198 Å². The van der Waals surface area contributed by atoms with E-state index in [2.05, 4.69) is 15.3 Å². The maximum absolute atomic E-state index is 12.4. The molecule has 0 bridgehead atoms. The van der Waals surface area contributed by atoms with Crippen LogP contribution in [0.1, 0.15) is 32.7 Å². The van der Waals surface area contributed by atoms with Crippen molar-refractivity contribution in [2.75, 3.05) is 45.3 Å². The molecular weight excluding hydrogens is 460 g/mol. The highest BCUT2D eigenvalue weighted by Gasteiger charge is 2.17. The van der Waals surface area contributed by atoms with Crippen LogP contribution in [-0.4, -0.2) is 65.4 Å². The largest absolute Gasteiger partial charge is 0.379 e. The van der Waals surface area contributed by atoms with Crippen molar-refractivity contribution in [2.45, 2.75) is 18.2 Å². The van der Waals surface area contributed by atoms with E-state index in [1.807, 2.05) is 6.92 Å². The molecule has 34 heavy (non-hydrogen) atoms. The molecule has 0 atom stereocenters. The van der Waals surface area contributed by atoms with E-state index in [0.29, 0.717) is 44.1 Å². The topological polar surface area (TPSA) is 148 Å². The van der Waals surface area contributed by atoms with Gasteiger partial charge in [0.15, 0.2) is 15.6 Å². The third-order valence-electron chi connectivity index (χ3n) is 4.75. The van der Waals surface area contributed by atoms with Crippen LogP contribution in [0.5, 0.6) is 0 Å². The molecule has 2 aromatic rings. The molecule has 0 aliphatic rings. The second kappa shape index (κ2) is 14.1. The standard InChI is InChI=1S/C23H28N4O6S/c1-18-2-8-21(9-3-18)34(30,31)17-10-22(28)19-4-6-20(7-5-19)23(29)25-11-13-32-15-16-33-14-12-26-27-24/h2-9H,10-17H2,1H3,(H,25,29). The average molecular weight is 489 g/mol. The fourth-order valence-corrected chi connectivity index (χ4v) is 4.09. The lowest BCUT2D eigenvalue weighted by Gasteiger charge is -2.08. The van der Waals surface area contributed by atoms with Gasteiger partial charge in [0.1, 0.15) is 0 Å². The van der Waals surface area contributed by atoms with Gasteiger partial charge in [0.05, 0.1) is 37.1 Å². The monoisotopic (exact) mass is 488 g/mol. The van der Waals surface area contributed by atoms with Crippen molar-refractivity contribution in [2.24, 2.45) is 5.11 Å². The molecule has 0 fully saturated rings. The van der Waals surface area contributed by atoms with Crippen molar-refractivity contribution in [1.29, 1.82) is 0 Å². The van der Waals surface area contributed by atoms with Crippen LogP contribution >= 0.6 is 0 Å². The quantitative estimate of drug-likeness (QED) is 0.134. The van der Waals surface area contributed by atoms with E-state index in [4.69, 9.17) is 15.0 Å². The Balaban J connectivity index is 1.71. The summed E-state index contributed by atoms with van der Waals surface area (Å²) in [5.41, 5.74) is 9.81. The van der Waals surface area contributed by atoms with E-state index in [0.717, 1.165) is 5.56 Å². The molecular formula is C23H28N4O6S. The van der Waals surface area contributed by atoms with Crippen molar-refractivity contribution in [1.82, 2.24) is 5.32 Å². The average Bonchev–Trinajstić information content (AvgIpc) is 2.84. The van der Waals surface area contributed by atoms with Crippen molar-refractivity contribution in [3.63, 3.8) is 0 Å². The van der Waals surface area contributed by atoms with Gasteiger partial charge in [-0.1, -0.05) is 34.9 Å². The zero-order chi connectivity index (χ0) is 24.8. The summed E-state index contributed by atoms with van der Waals surface area (Å²) in [6.07, 6.45) is -0.145. The molecule has 1 amide bonds. The molecule has 0 radical (unpaired) electrons. The summed E-state index contributed by atoms with van der Waals surface area (Å²) < 4.78 is 35.4. The van der Waals surface area contributed by atoms with E-state index >= 15 is 0 Å². The first-order valence-electron chi connectivity index (χ1n) is 10.7. The number of nitrogens with one attached hydrogen (secondary N) is 1. The van der Waals surface area contributed by atoms with Crippen molar-refractivity contribution in [3.8, 4) is 0 Å². The number of aryl methyl sites for hydroxylation is 1. The minimum Gasteiger partial charge on any atom is -0.379 e. The van der Waals surface area contributed by atoms with Crippen LogP contribution < -0.4 is 5.32 Å². The number of hydrogen-bond donors (Lipinski definition) is 1. The zero-order valence-corrected chi connectivity index (χ0v) is 19.8. The lowest BCUT2D eigenvalue weighted by Crippen LogP contribution is -2.27. The van der Waals surface area contributed by atoms with E-state index in [9.17, 15) is 18.0 Å². The Bertz CT molecular complexity index is 1100. The molecule has 11 heteroatoms. The Hall–Kier alpha value is -3.24. The van der Waals surface area contributed by atoms with Crippen LogP contribution in [0.2, 0.25) is 0 Å². The van der Waals surface area contributed by atoms with Gasteiger partial charge in [0.2, 0.25) is 0 Å². The number of carbonyl (C=O) groups excluding carboxylic acids is 2. The number of azide groups is 1. The summed E-state index contributed by atoms with van der Waals surface area (Å²) in [5, 5.41) is 6.05. The minimum atomic E-state index is -3.55. The number of ketones is 1. The molecule has 0 unspecified atom stereocenters. The van der Waals surface area contributed by atoms with Gasteiger partial charge in [-0.05, 0) is 36.7 Å². The summed E-state index contributed by atoms with van der Waals surface area (Å²) >= 11 is 0. The van der Waals surface area contributed by atoms with E-state index < -0.39 is 9.84 Å². The lowest BCUT2D eigenvalue weighted by atomic mass is 10.1. The third-order valence-corrected chi connectivity index (χ3v) is 6.48. The van der Waals surface area contributed by atoms with E-state index in [-0.39, 0.29) is 35.3 Å². The Morgan fingerprint density at radius 1 is 0.941 bits per heavy atom. The van der Waals surface area contributed by atoms with Gasteiger partial charge in [-0.25, -0.2) is 8.42 Å². The van der Waals surface area contributed by atoms with Crippen molar-refractivity contribution in [3.05, 3.63) is 75.7 Å². The molecule has 0 aromatic heterocycles. The molecule has 182 valence electrons. The maximum Gasteiger partial charge on any atom is 0.251 e. The normalized spacial score (nSPS) is 11.0.